The molecule has 6 heteroatoms. The monoisotopic (exact) mass is 249 g/mol. The summed E-state index contributed by atoms with van der Waals surface area (Å²) in [5.41, 5.74) is 2.22. The molecule has 0 aromatic carbocycles. The summed E-state index contributed by atoms with van der Waals surface area (Å²) in [5.74, 6) is 0.812. The van der Waals surface area contributed by atoms with Crippen molar-refractivity contribution in [2.75, 3.05) is 11.9 Å². The van der Waals surface area contributed by atoms with Crippen molar-refractivity contribution in [2.24, 2.45) is 0 Å². The van der Waals surface area contributed by atoms with Gasteiger partial charge in [-0.25, -0.2) is 0 Å². The Morgan fingerprint density at radius 2 is 2.17 bits per heavy atom. The van der Waals surface area contributed by atoms with Crippen LogP contribution in [0.5, 0.6) is 0 Å². The lowest BCUT2D eigenvalue weighted by Gasteiger charge is -2.01. The summed E-state index contributed by atoms with van der Waals surface area (Å²) in [6.45, 7) is 6.29. The van der Waals surface area contributed by atoms with Crippen LogP contribution in [0.25, 0.3) is 0 Å². The number of aromatic nitrogens is 4. The van der Waals surface area contributed by atoms with Crippen molar-refractivity contribution in [1.82, 2.24) is 19.6 Å². The van der Waals surface area contributed by atoms with Gasteiger partial charge in [-0.3, -0.25) is 9.36 Å². The van der Waals surface area contributed by atoms with Gasteiger partial charge >= 0.3 is 0 Å². The van der Waals surface area contributed by atoms with E-state index in [0.29, 0.717) is 13.1 Å². The zero-order valence-electron chi connectivity index (χ0n) is 10.8. The fourth-order valence-electron chi connectivity index (χ4n) is 1.76. The van der Waals surface area contributed by atoms with E-state index in [1.54, 1.807) is 4.68 Å². The van der Waals surface area contributed by atoms with Crippen molar-refractivity contribution < 1.29 is 5.11 Å². The van der Waals surface area contributed by atoms with Crippen molar-refractivity contribution >= 4 is 5.82 Å². The number of hydrogen-bond acceptors (Lipinski definition) is 4. The van der Waals surface area contributed by atoms with Crippen LogP contribution in [0.4, 0.5) is 5.82 Å². The lowest BCUT2D eigenvalue weighted by molar-refractivity contribution is 0.269. The number of nitrogens with zero attached hydrogens (tertiary/aromatic N) is 4. The number of aliphatic hydroxyl groups is 1. The van der Waals surface area contributed by atoms with Crippen LogP contribution in [-0.4, -0.2) is 31.3 Å². The van der Waals surface area contributed by atoms with E-state index in [4.69, 9.17) is 5.11 Å². The average Bonchev–Trinajstić information content (AvgIpc) is 2.94. The molecule has 0 bridgehead atoms. The number of nitrogens with one attached hydrogen (secondary N) is 1. The molecule has 0 atom stereocenters. The Bertz CT molecular complexity index is 502. The molecule has 0 radical (unpaired) electrons. The fourth-order valence-corrected chi connectivity index (χ4v) is 1.76. The maximum atomic E-state index is 8.81. The maximum absolute atomic E-state index is 8.81. The van der Waals surface area contributed by atoms with Crippen LogP contribution in [0.3, 0.4) is 0 Å². The molecule has 6 nitrogen and oxygen atoms in total. The first kappa shape index (κ1) is 12.6. The maximum Gasteiger partial charge on any atom is 0.148 e. The van der Waals surface area contributed by atoms with Gasteiger partial charge in [0.2, 0.25) is 0 Å². The third kappa shape index (κ3) is 2.89. The van der Waals surface area contributed by atoms with Gasteiger partial charge in [0.25, 0.3) is 0 Å². The van der Waals surface area contributed by atoms with Gasteiger partial charge in [0.05, 0.1) is 18.8 Å². The standard InChI is InChI=1S/C12H19N5O/c1-3-16-9-11(10(2)14-16)8-13-12-4-5-17(15-12)6-7-18/h4-5,9,18H,3,6-8H2,1-2H3,(H,13,15). The van der Waals surface area contributed by atoms with Crippen LogP contribution in [0.2, 0.25) is 0 Å². The minimum Gasteiger partial charge on any atom is -0.394 e. The van der Waals surface area contributed by atoms with Gasteiger partial charge in [-0.05, 0) is 13.8 Å². The first-order valence-corrected chi connectivity index (χ1v) is 6.14. The largest absolute Gasteiger partial charge is 0.394 e. The van der Waals surface area contributed by atoms with E-state index in [1.165, 1.54) is 5.56 Å². The minimum atomic E-state index is 0.101. The topological polar surface area (TPSA) is 67.9 Å². The van der Waals surface area contributed by atoms with Gasteiger partial charge in [-0.2, -0.15) is 10.2 Å². The third-order valence-corrected chi connectivity index (χ3v) is 2.80. The summed E-state index contributed by atoms with van der Waals surface area (Å²) in [5, 5.41) is 20.7. The zero-order chi connectivity index (χ0) is 13.0. The third-order valence-electron chi connectivity index (χ3n) is 2.80. The van der Waals surface area contributed by atoms with Gasteiger partial charge in [0.15, 0.2) is 0 Å². The van der Waals surface area contributed by atoms with Gasteiger partial charge < -0.3 is 10.4 Å². The van der Waals surface area contributed by atoms with Crippen LogP contribution < -0.4 is 5.32 Å². The highest BCUT2D eigenvalue weighted by Gasteiger charge is 2.04. The number of rotatable bonds is 6. The summed E-state index contributed by atoms with van der Waals surface area (Å²) < 4.78 is 3.64. The fraction of sp³-hybridized carbons (Fsp3) is 0.500. The van der Waals surface area contributed by atoms with Crippen LogP contribution >= 0.6 is 0 Å². The molecule has 2 rings (SSSR count). The second-order valence-corrected chi connectivity index (χ2v) is 4.14. The van der Waals surface area contributed by atoms with Crippen molar-refractivity contribution in [2.45, 2.75) is 33.5 Å². The molecule has 2 heterocycles. The zero-order valence-corrected chi connectivity index (χ0v) is 10.8. The Kier molecular flexibility index (Phi) is 3.99. The summed E-state index contributed by atoms with van der Waals surface area (Å²) >= 11 is 0. The molecular formula is C12H19N5O. The molecule has 2 aromatic heterocycles. The molecular weight excluding hydrogens is 230 g/mol. The van der Waals surface area contributed by atoms with E-state index in [1.807, 2.05) is 30.1 Å². The van der Waals surface area contributed by atoms with Crippen LogP contribution in [0, 0.1) is 6.92 Å². The first-order chi connectivity index (χ1) is 8.72. The summed E-state index contributed by atoms with van der Waals surface area (Å²) in [7, 11) is 0. The SMILES string of the molecule is CCn1cc(CNc2ccn(CCO)n2)c(C)n1. The van der Waals surface area contributed by atoms with Crippen LogP contribution in [0.15, 0.2) is 18.5 Å². The van der Waals surface area contributed by atoms with Crippen LogP contribution in [0.1, 0.15) is 18.2 Å². The van der Waals surface area contributed by atoms with Crippen LogP contribution in [-0.2, 0) is 19.6 Å². The number of hydrogen-bond donors (Lipinski definition) is 2. The molecule has 0 saturated carbocycles. The van der Waals surface area contributed by atoms with E-state index in [2.05, 4.69) is 22.4 Å². The smallest absolute Gasteiger partial charge is 0.148 e. The molecule has 0 fully saturated rings. The van der Waals surface area contributed by atoms with E-state index in [9.17, 15) is 0 Å². The predicted molar refractivity (Wildman–Crippen MR) is 69.3 cm³/mol. The lowest BCUT2D eigenvalue weighted by atomic mass is 10.2. The number of aryl methyl sites for hydroxylation is 2. The number of anilines is 1. The van der Waals surface area contributed by atoms with Gasteiger partial charge in [0.1, 0.15) is 5.82 Å². The molecule has 18 heavy (non-hydrogen) atoms. The van der Waals surface area contributed by atoms with Crippen molar-refractivity contribution in [3.05, 3.63) is 29.7 Å². The first-order valence-electron chi connectivity index (χ1n) is 6.14. The molecule has 0 amide bonds. The Morgan fingerprint density at radius 1 is 1.33 bits per heavy atom. The predicted octanol–water partition coefficient (Wildman–Crippen LogP) is 1.01. The molecule has 98 valence electrons. The quantitative estimate of drug-likeness (QED) is 0.802. The molecule has 0 unspecified atom stereocenters. The highest BCUT2D eigenvalue weighted by Crippen LogP contribution is 2.09. The lowest BCUT2D eigenvalue weighted by Crippen LogP contribution is -2.05. The normalized spacial score (nSPS) is 10.8. The van der Waals surface area contributed by atoms with Crippen molar-refractivity contribution in [1.29, 1.82) is 0 Å². The second-order valence-electron chi connectivity index (χ2n) is 4.14. The van der Waals surface area contributed by atoms with Crippen molar-refractivity contribution in [3.63, 3.8) is 0 Å². The van der Waals surface area contributed by atoms with Gasteiger partial charge in [-0.1, -0.05) is 0 Å². The summed E-state index contributed by atoms with van der Waals surface area (Å²) in [6.07, 6.45) is 3.90. The highest BCUT2D eigenvalue weighted by atomic mass is 16.3. The summed E-state index contributed by atoms with van der Waals surface area (Å²) in [4.78, 5) is 0. The van der Waals surface area contributed by atoms with Crippen molar-refractivity contribution in [3.8, 4) is 0 Å². The molecule has 0 aliphatic rings. The summed E-state index contributed by atoms with van der Waals surface area (Å²) in [6, 6.07) is 1.90. The van der Waals surface area contributed by atoms with E-state index < -0.39 is 0 Å². The van der Waals surface area contributed by atoms with E-state index >= 15 is 0 Å². The minimum absolute atomic E-state index is 0.101. The highest BCUT2D eigenvalue weighted by molar-refractivity contribution is 5.34. The molecule has 0 aliphatic heterocycles. The van der Waals surface area contributed by atoms with Gasteiger partial charge in [-0.15, -0.1) is 0 Å². The van der Waals surface area contributed by atoms with E-state index in [0.717, 1.165) is 18.1 Å². The molecule has 2 N–H and O–H groups in total. The molecule has 0 saturated heterocycles. The molecule has 0 aliphatic carbocycles. The van der Waals surface area contributed by atoms with Gasteiger partial charge in [0, 0.05) is 37.1 Å². The Morgan fingerprint density at radius 3 is 2.83 bits per heavy atom. The Labute approximate surface area is 106 Å². The average molecular weight is 249 g/mol. The Balaban J connectivity index is 1.95. The number of aliphatic hydroxyl groups excluding tert-OH is 1. The van der Waals surface area contributed by atoms with E-state index in [-0.39, 0.29) is 6.61 Å². The Hall–Kier alpha value is -1.82. The molecule has 2 aromatic rings. The second kappa shape index (κ2) is 5.68. The molecule has 0 spiro atoms.